The Kier molecular flexibility index (Phi) is 8.23. The fraction of sp³-hybridized carbons (Fsp3) is 0.278. The molecule has 0 spiro atoms. The molecular weight excluding hydrogens is 428 g/mol. The van der Waals surface area contributed by atoms with Gasteiger partial charge in [-0.15, -0.1) is 27.0 Å². The zero-order valence-corrected chi connectivity index (χ0v) is 18.2. The molecule has 0 fully saturated rings. The van der Waals surface area contributed by atoms with Crippen molar-refractivity contribution in [2.24, 2.45) is 0 Å². The summed E-state index contributed by atoms with van der Waals surface area (Å²) < 4.78 is 7.81. The molecule has 0 aliphatic heterocycles. The van der Waals surface area contributed by atoms with Crippen molar-refractivity contribution in [1.29, 1.82) is 0 Å². The molecule has 0 bridgehead atoms. The molecule has 0 aliphatic carbocycles. The number of nitrogens with zero attached hydrogens (tertiary/aromatic N) is 5. The van der Waals surface area contributed by atoms with Crippen LogP contribution in [0.3, 0.4) is 0 Å². The number of aromatic nitrogens is 5. The van der Waals surface area contributed by atoms with Crippen LogP contribution in [0.2, 0.25) is 0 Å². The number of allylic oxidation sites excluding steroid dienone is 1. The molecule has 11 heteroatoms. The number of hydrogen-bond acceptors (Lipinski definition) is 9. The summed E-state index contributed by atoms with van der Waals surface area (Å²) in [6.45, 7) is 4.64. The molecule has 3 aromatic rings. The Morgan fingerprint density at radius 2 is 2.07 bits per heavy atom. The minimum absolute atomic E-state index is 0.174. The molecule has 1 N–H and O–H groups in total. The Morgan fingerprint density at radius 3 is 2.83 bits per heavy atom. The van der Waals surface area contributed by atoms with E-state index in [1.165, 1.54) is 28.7 Å². The van der Waals surface area contributed by atoms with Gasteiger partial charge in [0.25, 0.3) is 0 Å². The van der Waals surface area contributed by atoms with E-state index in [1.807, 2.05) is 22.8 Å². The van der Waals surface area contributed by atoms with Crippen molar-refractivity contribution in [3.8, 4) is 0 Å². The van der Waals surface area contributed by atoms with Gasteiger partial charge in [0.15, 0.2) is 15.3 Å². The molecule has 0 aliphatic rings. The van der Waals surface area contributed by atoms with Gasteiger partial charge >= 0.3 is 0 Å². The number of thioether (sulfide) groups is 2. The highest BCUT2D eigenvalue weighted by Gasteiger charge is 2.14. The maximum atomic E-state index is 12.3. The number of ether oxygens (including phenoxy) is 1. The molecule has 152 valence electrons. The largest absolute Gasteiger partial charge is 0.377 e. The molecule has 2 heterocycles. The molecule has 2 aromatic heterocycles. The lowest BCUT2D eigenvalue weighted by molar-refractivity contribution is -0.113. The Bertz CT molecular complexity index is 944. The normalized spacial score (nSPS) is 10.8. The van der Waals surface area contributed by atoms with Crippen LogP contribution in [0.25, 0.3) is 0 Å². The lowest BCUT2D eigenvalue weighted by atomic mass is 10.2. The van der Waals surface area contributed by atoms with Crippen LogP contribution in [0, 0.1) is 0 Å². The van der Waals surface area contributed by atoms with E-state index in [1.54, 1.807) is 24.9 Å². The molecule has 0 atom stereocenters. The Labute approximate surface area is 181 Å². The summed E-state index contributed by atoms with van der Waals surface area (Å²) in [5.41, 5.74) is 1.21. The van der Waals surface area contributed by atoms with Gasteiger partial charge in [-0.05, 0) is 5.56 Å². The number of benzene rings is 1. The van der Waals surface area contributed by atoms with Gasteiger partial charge in [-0.1, -0.05) is 71.3 Å². The van der Waals surface area contributed by atoms with Crippen LogP contribution < -0.4 is 5.32 Å². The topological polar surface area (TPSA) is 94.8 Å². The monoisotopic (exact) mass is 448 g/mol. The SMILES string of the molecule is C=CCn1c(COC)nnc1SCC(=O)Nc1nnc(SCc2ccccc2)s1. The minimum Gasteiger partial charge on any atom is -0.377 e. The first-order valence-electron chi connectivity index (χ1n) is 8.64. The fourth-order valence-electron chi connectivity index (χ4n) is 2.30. The van der Waals surface area contributed by atoms with Crippen LogP contribution in [0.5, 0.6) is 0 Å². The van der Waals surface area contributed by atoms with Crippen LogP contribution in [-0.4, -0.2) is 43.7 Å². The highest BCUT2D eigenvalue weighted by atomic mass is 32.2. The molecule has 3 rings (SSSR count). The van der Waals surface area contributed by atoms with Gasteiger partial charge in [-0.3, -0.25) is 10.1 Å². The zero-order chi connectivity index (χ0) is 20.5. The summed E-state index contributed by atoms with van der Waals surface area (Å²) in [5, 5.41) is 20.3. The summed E-state index contributed by atoms with van der Waals surface area (Å²) in [4.78, 5) is 12.3. The van der Waals surface area contributed by atoms with Gasteiger partial charge in [0.1, 0.15) is 6.61 Å². The van der Waals surface area contributed by atoms with Gasteiger partial charge in [-0.2, -0.15) is 0 Å². The Hall–Kier alpha value is -2.21. The maximum Gasteiger partial charge on any atom is 0.236 e. The molecule has 1 amide bonds. The van der Waals surface area contributed by atoms with Gasteiger partial charge in [0, 0.05) is 19.4 Å². The van der Waals surface area contributed by atoms with Crippen LogP contribution in [0.15, 0.2) is 52.5 Å². The third kappa shape index (κ3) is 6.39. The molecular formula is C18H20N6O2S3. The Balaban J connectivity index is 1.50. The standard InChI is InChI=1S/C18H20N6O2S3/c1-3-9-24-14(10-26-2)20-22-17(24)27-12-15(25)19-16-21-23-18(29-16)28-11-13-7-5-4-6-8-13/h3-8H,1,9-12H2,2H3,(H,19,21,25). The van der Waals surface area contributed by atoms with E-state index in [9.17, 15) is 4.79 Å². The van der Waals surface area contributed by atoms with Crippen molar-refractivity contribution in [1.82, 2.24) is 25.0 Å². The van der Waals surface area contributed by atoms with Crippen LogP contribution in [0.1, 0.15) is 11.4 Å². The molecule has 1 aromatic carbocycles. The average molecular weight is 449 g/mol. The lowest BCUT2D eigenvalue weighted by Crippen LogP contribution is -2.14. The third-order valence-corrected chi connectivity index (χ3v) is 6.58. The van der Waals surface area contributed by atoms with Gasteiger partial charge in [0.2, 0.25) is 11.0 Å². The van der Waals surface area contributed by atoms with Gasteiger partial charge in [0.05, 0.1) is 5.75 Å². The molecule has 0 saturated heterocycles. The van der Waals surface area contributed by atoms with Crippen LogP contribution >= 0.6 is 34.9 Å². The van der Waals surface area contributed by atoms with E-state index in [-0.39, 0.29) is 11.7 Å². The average Bonchev–Trinajstić information content (AvgIpc) is 3.33. The minimum atomic E-state index is -0.174. The highest BCUT2D eigenvalue weighted by molar-refractivity contribution is 8.00. The number of rotatable bonds is 11. The number of hydrogen-bond donors (Lipinski definition) is 1. The van der Waals surface area contributed by atoms with E-state index in [0.717, 1.165) is 10.1 Å². The number of methoxy groups -OCH3 is 1. The molecule has 0 saturated carbocycles. The zero-order valence-electron chi connectivity index (χ0n) is 15.8. The quantitative estimate of drug-likeness (QED) is 0.271. The van der Waals surface area contributed by atoms with Gasteiger partial charge < -0.3 is 9.30 Å². The first kappa shape index (κ1) is 21.5. The Morgan fingerprint density at radius 1 is 1.24 bits per heavy atom. The summed E-state index contributed by atoms with van der Waals surface area (Å²) in [6, 6.07) is 10.1. The summed E-state index contributed by atoms with van der Waals surface area (Å²) in [6.07, 6.45) is 1.75. The fourth-order valence-corrected chi connectivity index (χ4v) is 4.79. The smallest absolute Gasteiger partial charge is 0.236 e. The van der Waals surface area contributed by atoms with E-state index in [0.29, 0.717) is 29.3 Å². The summed E-state index contributed by atoms with van der Waals surface area (Å²) in [5.74, 6) is 1.52. The van der Waals surface area contributed by atoms with Crippen LogP contribution in [0.4, 0.5) is 5.13 Å². The van der Waals surface area contributed by atoms with E-state index < -0.39 is 0 Å². The van der Waals surface area contributed by atoms with E-state index in [4.69, 9.17) is 4.74 Å². The van der Waals surface area contributed by atoms with Crippen molar-refractivity contribution in [3.05, 3.63) is 54.4 Å². The first-order valence-corrected chi connectivity index (χ1v) is 11.4. The predicted octanol–water partition coefficient (Wildman–Crippen LogP) is 3.49. The van der Waals surface area contributed by atoms with Crippen molar-refractivity contribution >= 4 is 45.9 Å². The van der Waals surface area contributed by atoms with Crippen molar-refractivity contribution in [2.75, 3.05) is 18.2 Å². The summed E-state index contributed by atoms with van der Waals surface area (Å²) in [7, 11) is 1.60. The van der Waals surface area contributed by atoms with Crippen LogP contribution in [-0.2, 0) is 28.4 Å². The van der Waals surface area contributed by atoms with Crippen molar-refractivity contribution < 1.29 is 9.53 Å². The van der Waals surface area contributed by atoms with E-state index in [2.05, 4.69) is 44.4 Å². The van der Waals surface area contributed by atoms with Crippen molar-refractivity contribution in [2.45, 2.75) is 28.4 Å². The molecule has 29 heavy (non-hydrogen) atoms. The molecule has 8 nitrogen and oxygen atoms in total. The second-order valence-corrected chi connectivity index (χ2v) is 8.86. The molecule has 0 radical (unpaired) electrons. The molecule has 0 unspecified atom stereocenters. The second-order valence-electron chi connectivity index (χ2n) is 5.72. The highest BCUT2D eigenvalue weighted by Crippen LogP contribution is 2.28. The van der Waals surface area contributed by atoms with E-state index >= 15 is 0 Å². The number of anilines is 1. The number of carbonyl (C=O) groups is 1. The third-order valence-electron chi connectivity index (χ3n) is 3.57. The van der Waals surface area contributed by atoms with Gasteiger partial charge in [-0.25, -0.2) is 0 Å². The number of amides is 1. The first-order chi connectivity index (χ1) is 14.2. The lowest BCUT2D eigenvalue weighted by Gasteiger charge is -2.06. The maximum absolute atomic E-state index is 12.3. The summed E-state index contributed by atoms with van der Waals surface area (Å²) >= 11 is 4.25. The van der Waals surface area contributed by atoms with Crippen molar-refractivity contribution in [3.63, 3.8) is 0 Å². The second kappa shape index (κ2) is 11.1. The number of nitrogens with one attached hydrogen (secondary N) is 1. The predicted molar refractivity (Wildman–Crippen MR) is 116 cm³/mol. The number of carbonyl (C=O) groups excluding carboxylic acids is 1.